The molecule has 0 spiro atoms. The Balaban J connectivity index is 1.49. The van der Waals surface area contributed by atoms with Crippen molar-refractivity contribution >= 4 is 24.0 Å². The zero-order valence-corrected chi connectivity index (χ0v) is 26.4. The molecule has 4 rings (SSSR count). The highest BCUT2D eigenvalue weighted by Gasteiger charge is 2.44. The average molecular weight is 635 g/mol. The molecule has 44 heavy (non-hydrogen) atoms. The van der Waals surface area contributed by atoms with E-state index in [2.05, 4.69) is 18.2 Å². The quantitative estimate of drug-likeness (QED) is 0.0816. The number of carbonyl (C=O) groups is 2. The second kappa shape index (κ2) is 19.2. The zero-order chi connectivity index (χ0) is 31.0. The molecular formula is C34H47ClO9. The number of unbranched alkanes of at least 4 members (excludes halogenated alkanes) is 1. The number of rotatable bonds is 17. The molecule has 10 heteroatoms. The summed E-state index contributed by atoms with van der Waals surface area (Å²) in [7, 11) is 1.40. The molecular weight excluding hydrogens is 588 g/mol. The van der Waals surface area contributed by atoms with Gasteiger partial charge in [0.05, 0.1) is 13.2 Å². The summed E-state index contributed by atoms with van der Waals surface area (Å²) in [6.45, 7) is 2.19. The highest BCUT2D eigenvalue weighted by Crippen LogP contribution is 2.41. The fourth-order valence-corrected chi connectivity index (χ4v) is 6.13. The Morgan fingerprint density at radius 3 is 2.45 bits per heavy atom. The van der Waals surface area contributed by atoms with Crippen molar-refractivity contribution in [3.63, 3.8) is 0 Å². The van der Waals surface area contributed by atoms with Gasteiger partial charge in [0.2, 0.25) is 0 Å². The zero-order valence-electron chi connectivity index (χ0n) is 25.7. The van der Waals surface area contributed by atoms with Gasteiger partial charge in [0.25, 0.3) is 6.47 Å². The lowest BCUT2D eigenvalue weighted by molar-refractivity contribution is -0.193. The van der Waals surface area contributed by atoms with Crippen molar-refractivity contribution in [2.24, 2.45) is 11.8 Å². The first-order valence-electron chi connectivity index (χ1n) is 16.0. The van der Waals surface area contributed by atoms with Crippen LogP contribution in [0.2, 0.25) is 5.02 Å². The van der Waals surface area contributed by atoms with Gasteiger partial charge in [-0.1, -0.05) is 35.9 Å². The maximum atomic E-state index is 11.5. The molecule has 1 aromatic carbocycles. The van der Waals surface area contributed by atoms with Gasteiger partial charge in [-0.3, -0.25) is 9.59 Å². The highest BCUT2D eigenvalue weighted by atomic mass is 35.5. The van der Waals surface area contributed by atoms with Crippen LogP contribution in [0.4, 0.5) is 0 Å². The third-order valence-corrected chi connectivity index (χ3v) is 8.61. The summed E-state index contributed by atoms with van der Waals surface area (Å²) in [6, 6.07) is 7.25. The standard InChI is InChI=1S/C34H47ClO9/c1-38-32(37)11-5-3-2-4-10-28-29(31(22-30(28)42-24-36)44-34-13-7-9-21-40-34)19-18-27(43-33-12-6-8-20-39-33)23-41-26-16-14-25(35)15-17-26/h2,4,14-19,24,27-31,33-34H,3,5-13,20-23H2,1H3/t27-,28-,29-,30-,31-,33?,34?/m1/s1. The first-order chi connectivity index (χ1) is 21.6. The monoisotopic (exact) mass is 634 g/mol. The second-order valence-corrected chi connectivity index (χ2v) is 12.0. The summed E-state index contributed by atoms with van der Waals surface area (Å²) in [5.41, 5.74) is 0. The van der Waals surface area contributed by atoms with Crippen LogP contribution >= 0.6 is 11.6 Å². The SMILES string of the molecule is COC(=O)CCCC=CC[C@@H]1[C@@H](C=C[C@H](COc2ccc(Cl)cc2)OC2CCCCO2)[C@H](OC2CCCCO2)C[C@H]1OC=O. The highest BCUT2D eigenvalue weighted by molar-refractivity contribution is 6.30. The summed E-state index contributed by atoms with van der Waals surface area (Å²) in [6.07, 6.45) is 15.9. The molecule has 1 aliphatic carbocycles. The minimum Gasteiger partial charge on any atom is -0.491 e. The summed E-state index contributed by atoms with van der Waals surface area (Å²) in [5, 5.41) is 0.644. The van der Waals surface area contributed by atoms with Gasteiger partial charge >= 0.3 is 5.97 Å². The van der Waals surface area contributed by atoms with Crippen LogP contribution in [0.15, 0.2) is 48.6 Å². The maximum absolute atomic E-state index is 11.5. The van der Waals surface area contributed by atoms with Crippen molar-refractivity contribution in [1.29, 1.82) is 0 Å². The minimum atomic E-state index is -0.374. The number of halogens is 1. The van der Waals surface area contributed by atoms with Gasteiger partial charge in [-0.15, -0.1) is 0 Å². The Bertz CT molecular complexity index is 1030. The topological polar surface area (TPSA) is 98.8 Å². The largest absolute Gasteiger partial charge is 0.491 e. The smallest absolute Gasteiger partial charge is 0.305 e. The van der Waals surface area contributed by atoms with E-state index >= 15 is 0 Å². The van der Waals surface area contributed by atoms with Crippen LogP contribution in [0.3, 0.4) is 0 Å². The van der Waals surface area contributed by atoms with E-state index < -0.39 is 0 Å². The molecule has 9 nitrogen and oxygen atoms in total. The molecule has 244 valence electrons. The molecule has 3 fully saturated rings. The third kappa shape index (κ3) is 11.5. The van der Waals surface area contributed by atoms with Crippen LogP contribution in [0.5, 0.6) is 5.75 Å². The van der Waals surface area contributed by atoms with E-state index in [0.29, 0.717) is 62.7 Å². The molecule has 0 aromatic heterocycles. The Hall–Kier alpha value is -2.43. The molecule has 0 N–H and O–H groups in total. The molecule has 2 heterocycles. The van der Waals surface area contributed by atoms with Crippen LogP contribution in [-0.2, 0) is 38.0 Å². The minimum absolute atomic E-state index is 0.00865. The van der Waals surface area contributed by atoms with Gasteiger partial charge in [0.15, 0.2) is 12.6 Å². The number of carbonyl (C=O) groups excluding carboxylic acids is 2. The number of hydrogen-bond acceptors (Lipinski definition) is 9. The molecule has 3 aliphatic rings. The fraction of sp³-hybridized carbons (Fsp3) is 0.647. The number of hydrogen-bond donors (Lipinski definition) is 0. The molecule has 0 radical (unpaired) electrons. The van der Waals surface area contributed by atoms with E-state index in [1.807, 2.05) is 18.2 Å². The van der Waals surface area contributed by atoms with E-state index in [1.54, 1.807) is 12.1 Å². The number of methoxy groups -OCH3 is 1. The molecule has 0 bridgehead atoms. The molecule has 2 saturated heterocycles. The first-order valence-corrected chi connectivity index (χ1v) is 16.3. The van der Waals surface area contributed by atoms with Crippen molar-refractivity contribution in [3.8, 4) is 5.75 Å². The van der Waals surface area contributed by atoms with Crippen molar-refractivity contribution in [2.75, 3.05) is 26.9 Å². The molecule has 1 aromatic rings. The van der Waals surface area contributed by atoms with Gasteiger partial charge < -0.3 is 33.2 Å². The molecule has 7 atom stereocenters. The normalized spacial score (nSPS) is 28.2. The Labute approximate surface area is 266 Å². The van der Waals surface area contributed by atoms with Crippen LogP contribution in [0.1, 0.15) is 70.6 Å². The summed E-state index contributed by atoms with van der Waals surface area (Å²) in [5.74, 6) is 0.427. The lowest BCUT2D eigenvalue weighted by Gasteiger charge is -2.29. The van der Waals surface area contributed by atoms with Crippen molar-refractivity contribution in [1.82, 2.24) is 0 Å². The summed E-state index contributed by atoms with van der Waals surface area (Å²) in [4.78, 5) is 23.0. The number of benzene rings is 1. The number of allylic oxidation sites excluding steroid dienone is 2. The predicted octanol–water partition coefficient (Wildman–Crippen LogP) is 6.57. The molecule has 1 saturated carbocycles. The van der Waals surface area contributed by atoms with Crippen molar-refractivity contribution in [3.05, 3.63) is 53.6 Å². The maximum Gasteiger partial charge on any atom is 0.305 e. The van der Waals surface area contributed by atoms with Crippen molar-refractivity contribution in [2.45, 2.75) is 102 Å². The van der Waals surface area contributed by atoms with Gasteiger partial charge in [-0.2, -0.15) is 0 Å². The Morgan fingerprint density at radius 1 is 1.02 bits per heavy atom. The van der Waals surface area contributed by atoms with E-state index in [9.17, 15) is 9.59 Å². The van der Waals surface area contributed by atoms with E-state index in [1.165, 1.54) is 7.11 Å². The molecule has 2 aliphatic heterocycles. The lowest BCUT2D eigenvalue weighted by Crippen LogP contribution is -2.32. The van der Waals surface area contributed by atoms with Crippen molar-refractivity contribution < 1.29 is 42.7 Å². The van der Waals surface area contributed by atoms with Gasteiger partial charge in [0.1, 0.15) is 24.6 Å². The number of ether oxygens (including phenoxy) is 7. The van der Waals surface area contributed by atoms with Gasteiger partial charge in [0, 0.05) is 42.9 Å². The Morgan fingerprint density at radius 2 is 1.77 bits per heavy atom. The first kappa shape index (κ1) is 34.4. The molecule has 2 unspecified atom stereocenters. The summed E-state index contributed by atoms with van der Waals surface area (Å²) < 4.78 is 41.1. The van der Waals surface area contributed by atoms with Gasteiger partial charge in [-0.05, 0) is 82.1 Å². The van der Waals surface area contributed by atoms with Crippen LogP contribution in [0, 0.1) is 11.8 Å². The summed E-state index contributed by atoms with van der Waals surface area (Å²) >= 11 is 6.05. The second-order valence-electron chi connectivity index (χ2n) is 11.5. The van der Waals surface area contributed by atoms with E-state index in [4.69, 9.17) is 44.8 Å². The average Bonchev–Trinajstić information content (AvgIpc) is 3.36. The van der Waals surface area contributed by atoms with Gasteiger partial charge in [-0.25, -0.2) is 0 Å². The number of esters is 1. The fourth-order valence-electron chi connectivity index (χ4n) is 6.00. The third-order valence-electron chi connectivity index (χ3n) is 8.36. The van der Waals surface area contributed by atoms with Crippen LogP contribution < -0.4 is 4.74 Å². The van der Waals surface area contributed by atoms with E-state index in [-0.39, 0.29) is 48.7 Å². The molecule has 0 amide bonds. The Kier molecular flexibility index (Phi) is 15.0. The van der Waals surface area contributed by atoms with E-state index in [0.717, 1.165) is 44.9 Å². The predicted molar refractivity (Wildman–Crippen MR) is 165 cm³/mol. The van der Waals surface area contributed by atoms with Crippen LogP contribution in [0.25, 0.3) is 0 Å². The lowest BCUT2D eigenvalue weighted by atomic mass is 9.89. The van der Waals surface area contributed by atoms with Crippen LogP contribution in [-0.4, -0.2) is 70.3 Å².